The summed E-state index contributed by atoms with van der Waals surface area (Å²) < 4.78 is 0. The highest BCUT2D eigenvalue weighted by Gasteiger charge is 2.63. The summed E-state index contributed by atoms with van der Waals surface area (Å²) in [5, 5.41) is 0. The molecule has 0 bridgehead atoms. The predicted molar refractivity (Wildman–Crippen MR) is 104 cm³/mol. The van der Waals surface area contributed by atoms with Crippen molar-refractivity contribution in [2.24, 2.45) is 5.41 Å². The number of hydrogen-bond acceptors (Lipinski definition) is 3. The van der Waals surface area contributed by atoms with E-state index < -0.39 is 5.41 Å². The molecule has 3 aliphatic rings. The molecule has 6 rings (SSSR count). The maximum absolute atomic E-state index is 13.6. The van der Waals surface area contributed by atoms with E-state index in [2.05, 4.69) is 29.2 Å². The average Bonchev–Trinajstić information content (AvgIpc) is 3.23. The summed E-state index contributed by atoms with van der Waals surface area (Å²) in [6.45, 7) is 0.710. The number of benzene rings is 3. The van der Waals surface area contributed by atoms with Gasteiger partial charge >= 0.3 is 0 Å². The Morgan fingerprint density at radius 1 is 0.704 bits per heavy atom. The van der Waals surface area contributed by atoms with Crippen molar-refractivity contribution in [1.29, 1.82) is 0 Å². The second-order valence-electron chi connectivity index (χ2n) is 7.63. The number of rotatable bonds is 0. The molecule has 2 aliphatic heterocycles. The predicted octanol–water partition coefficient (Wildman–Crippen LogP) is 4.68. The van der Waals surface area contributed by atoms with Crippen LogP contribution in [0.5, 0.6) is 0 Å². The molecule has 1 spiro atoms. The van der Waals surface area contributed by atoms with Crippen molar-refractivity contribution in [2.75, 3.05) is 11.4 Å². The molecule has 1 atom stereocenters. The smallest absolute Gasteiger partial charge is 0.180 e. The molecule has 0 amide bonds. The fraction of sp³-hybridized carbons (Fsp3) is 0.167. The van der Waals surface area contributed by atoms with Crippen LogP contribution in [0.25, 0.3) is 11.1 Å². The van der Waals surface area contributed by atoms with E-state index in [-0.39, 0.29) is 17.6 Å². The van der Waals surface area contributed by atoms with Crippen LogP contribution in [0.3, 0.4) is 0 Å². The first-order chi connectivity index (χ1) is 13.2. The number of ketones is 2. The lowest BCUT2D eigenvalue weighted by Gasteiger charge is -2.40. The Labute approximate surface area is 157 Å². The molecule has 1 fully saturated rings. The van der Waals surface area contributed by atoms with Gasteiger partial charge in [0.1, 0.15) is 5.41 Å². The first-order valence-corrected chi connectivity index (χ1v) is 9.37. The van der Waals surface area contributed by atoms with Gasteiger partial charge in [-0.2, -0.15) is 0 Å². The Bertz CT molecular complexity index is 1110. The first kappa shape index (κ1) is 14.9. The molecule has 2 heterocycles. The lowest BCUT2D eigenvalue weighted by molar-refractivity contribution is 0.0680. The monoisotopic (exact) mass is 351 g/mol. The number of carbonyl (C=O) groups is 2. The molecule has 0 aromatic heterocycles. The van der Waals surface area contributed by atoms with E-state index in [4.69, 9.17) is 0 Å². The minimum absolute atomic E-state index is 0.00946. The fourth-order valence-corrected chi connectivity index (χ4v) is 5.39. The molecule has 1 saturated heterocycles. The van der Waals surface area contributed by atoms with Crippen LogP contribution >= 0.6 is 0 Å². The highest BCUT2D eigenvalue weighted by atomic mass is 16.2. The molecule has 130 valence electrons. The van der Waals surface area contributed by atoms with Gasteiger partial charge in [0.2, 0.25) is 0 Å². The minimum Gasteiger partial charge on any atom is -0.362 e. The van der Waals surface area contributed by atoms with Gasteiger partial charge in [-0.25, -0.2) is 0 Å². The van der Waals surface area contributed by atoms with E-state index in [0.717, 1.165) is 16.8 Å². The van der Waals surface area contributed by atoms with Crippen LogP contribution in [0.4, 0.5) is 5.69 Å². The van der Waals surface area contributed by atoms with E-state index in [1.54, 1.807) is 12.1 Å². The number of nitrogens with zero attached hydrogens (tertiary/aromatic N) is 1. The Hall–Kier alpha value is -3.20. The van der Waals surface area contributed by atoms with Gasteiger partial charge in [-0.15, -0.1) is 0 Å². The maximum atomic E-state index is 13.6. The topological polar surface area (TPSA) is 37.4 Å². The zero-order valence-corrected chi connectivity index (χ0v) is 14.7. The number of fused-ring (bicyclic) bond motifs is 8. The van der Waals surface area contributed by atoms with Crippen LogP contribution < -0.4 is 4.90 Å². The normalized spacial score (nSPS) is 21.0. The van der Waals surface area contributed by atoms with Crippen LogP contribution in [-0.4, -0.2) is 18.1 Å². The van der Waals surface area contributed by atoms with E-state index in [9.17, 15) is 9.59 Å². The number of anilines is 1. The van der Waals surface area contributed by atoms with Crippen LogP contribution in [0.2, 0.25) is 0 Å². The molecular weight excluding hydrogens is 334 g/mol. The van der Waals surface area contributed by atoms with Crippen molar-refractivity contribution in [3.63, 3.8) is 0 Å². The lowest BCUT2D eigenvalue weighted by atomic mass is 9.70. The zero-order valence-electron chi connectivity index (χ0n) is 14.7. The van der Waals surface area contributed by atoms with Gasteiger partial charge in [-0.05, 0) is 23.6 Å². The van der Waals surface area contributed by atoms with Crippen molar-refractivity contribution in [2.45, 2.75) is 12.5 Å². The largest absolute Gasteiger partial charge is 0.362 e. The van der Waals surface area contributed by atoms with Gasteiger partial charge in [-0.3, -0.25) is 9.59 Å². The van der Waals surface area contributed by atoms with Crippen molar-refractivity contribution < 1.29 is 9.59 Å². The summed E-state index contributed by atoms with van der Waals surface area (Å²) >= 11 is 0. The van der Waals surface area contributed by atoms with Crippen LogP contribution in [-0.2, 0) is 0 Å². The van der Waals surface area contributed by atoms with Crippen LogP contribution in [0.1, 0.15) is 38.7 Å². The third-order valence-corrected chi connectivity index (χ3v) is 6.51. The second kappa shape index (κ2) is 4.95. The van der Waals surface area contributed by atoms with Gasteiger partial charge in [0, 0.05) is 28.9 Å². The summed E-state index contributed by atoms with van der Waals surface area (Å²) in [6.07, 6.45) is 0.562. The van der Waals surface area contributed by atoms with E-state index in [0.29, 0.717) is 24.1 Å². The first-order valence-electron chi connectivity index (χ1n) is 9.37. The molecule has 0 saturated carbocycles. The summed E-state index contributed by atoms with van der Waals surface area (Å²) in [5.41, 5.74) is 4.68. The molecule has 27 heavy (non-hydrogen) atoms. The molecular formula is C24H17NO2. The number of carbonyl (C=O) groups excluding carboxylic acids is 2. The molecule has 0 N–H and O–H groups in total. The quantitative estimate of drug-likeness (QED) is 0.552. The SMILES string of the molecule is O=C1c2ccccc2C(=O)C12CCN1c3ccccc3-c3ccccc3C12. The molecule has 0 radical (unpaired) electrons. The number of hydrogen-bond donors (Lipinski definition) is 0. The van der Waals surface area contributed by atoms with Crippen molar-refractivity contribution in [3.8, 4) is 11.1 Å². The average molecular weight is 351 g/mol. The summed E-state index contributed by atoms with van der Waals surface area (Å²) in [6, 6.07) is 23.6. The summed E-state index contributed by atoms with van der Waals surface area (Å²) in [5.74, 6) is -0.0189. The Morgan fingerprint density at radius 3 is 1.96 bits per heavy atom. The zero-order chi connectivity index (χ0) is 18.2. The number of Topliss-reactive ketones (excluding diaryl/α,β-unsaturated/α-hetero) is 2. The molecule has 3 aromatic rings. The molecule has 1 aliphatic carbocycles. The van der Waals surface area contributed by atoms with Gasteiger partial charge < -0.3 is 4.90 Å². The third kappa shape index (κ3) is 1.63. The van der Waals surface area contributed by atoms with Crippen LogP contribution in [0.15, 0.2) is 72.8 Å². The fourth-order valence-electron chi connectivity index (χ4n) is 5.39. The Morgan fingerprint density at radius 2 is 1.26 bits per heavy atom. The number of para-hydroxylation sites is 1. The second-order valence-corrected chi connectivity index (χ2v) is 7.63. The lowest BCUT2D eigenvalue weighted by Crippen LogP contribution is -2.41. The Balaban J connectivity index is 1.64. The maximum Gasteiger partial charge on any atom is 0.180 e. The van der Waals surface area contributed by atoms with Crippen molar-refractivity contribution in [3.05, 3.63) is 89.5 Å². The molecule has 3 heteroatoms. The molecule has 1 unspecified atom stereocenters. The van der Waals surface area contributed by atoms with Crippen LogP contribution in [0, 0.1) is 5.41 Å². The van der Waals surface area contributed by atoms with Gasteiger partial charge in [0.15, 0.2) is 11.6 Å². The van der Waals surface area contributed by atoms with E-state index in [1.165, 1.54) is 5.56 Å². The van der Waals surface area contributed by atoms with E-state index >= 15 is 0 Å². The van der Waals surface area contributed by atoms with Crippen molar-refractivity contribution >= 4 is 17.3 Å². The molecule has 3 nitrogen and oxygen atoms in total. The molecule has 3 aromatic carbocycles. The highest BCUT2D eigenvalue weighted by Crippen LogP contribution is 2.60. The summed E-state index contributed by atoms with van der Waals surface area (Å²) in [4.78, 5) is 29.4. The van der Waals surface area contributed by atoms with Gasteiger partial charge in [0.05, 0.1) is 6.04 Å². The summed E-state index contributed by atoms with van der Waals surface area (Å²) in [7, 11) is 0. The standard InChI is InChI=1S/C24H17NO2/c26-22-18-10-3-4-11-19(18)23(27)24(22)13-14-25-20-12-6-5-8-16(20)15-7-1-2-9-17(15)21(24)25/h1-12,21H,13-14H2. The Kier molecular flexibility index (Phi) is 2.73. The van der Waals surface area contributed by atoms with E-state index in [1.807, 2.05) is 36.4 Å². The van der Waals surface area contributed by atoms with Crippen molar-refractivity contribution in [1.82, 2.24) is 0 Å². The third-order valence-electron chi connectivity index (χ3n) is 6.51. The highest BCUT2D eigenvalue weighted by molar-refractivity contribution is 6.30. The van der Waals surface area contributed by atoms with Gasteiger partial charge in [-0.1, -0.05) is 66.7 Å². The van der Waals surface area contributed by atoms with Gasteiger partial charge in [0.25, 0.3) is 0 Å². The minimum atomic E-state index is -1.01.